The summed E-state index contributed by atoms with van der Waals surface area (Å²) in [6, 6.07) is 7.60. The molecule has 26 heavy (non-hydrogen) atoms. The lowest BCUT2D eigenvalue weighted by molar-refractivity contribution is -0.129. The van der Waals surface area contributed by atoms with Crippen LogP contribution in [0.3, 0.4) is 0 Å². The Morgan fingerprint density at radius 1 is 1.27 bits per heavy atom. The molecule has 0 radical (unpaired) electrons. The van der Waals surface area contributed by atoms with E-state index >= 15 is 0 Å². The molecular formula is C18H25ClN4O3. The molecule has 1 aromatic carbocycles. The maximum Gasteiger partial charge on any atom is 0.244 e. The molecule has 0 bridgehead atoms. The summed E-state index contributed by atoms with van der Waals surface area (Å²) in [5.74, 6) is -0.187. The van der Waals surface area contributed by atoms with Crippen molar-refractivity contribution in [3.63, 3.8) is 0 Å². The van der Waals surface area contributed by atoms with E-state index in [4.69, 9.17) is 10.5 Å². The van der Waals surface area contributed by atoms with E-state index in [2.05, 4.69) is 5.32 Å². The largest absolute Gasteiger partial charge is 0.381 e. The molecule has 1 aromatic heterocycles. The number of nitrogens with zero attached hydrogens (tertiary/aromatic N) is 2. The topological polar surface area (TPSA) is 89.6 Å². The third-order valence-corrected chi connectivity index (χ3v) is 4.67. The van der Waals surface area contributed by atoms with Gasteiger partial charge in [-0.3, -0.25) is 9.59 Å². The number of ether oxygens (including phenoxy) is 1. The van der Waals surface area contributed by atoms with Gasteiger partial charge in [0.1, 0.15) is 12.1 Å². The lowest BCUT2D eigenvalue weighted by Gasteiger charge is -2.31. The number of likely N-dealkylation sites (N-methyl/N-ethyl adjacent to an activating group) is 1. The van der Waals surface area contributed by atoms with E-state index in [1.54, 1.807) is 19.0 Å². The van der Waals surface area contributed by atoms with E-state index < -0.39 is 5.54 Å². The van der Waals surface area contributed by atoms with Crippen molar-refractivity contribution < 1.29 is 14.3 Å². The molecule has 0 unspecified atom stereocenters. The molecule has 0 aliphatic carbocycles. The normalized spacial score (nSPS) is 16.0. The summed E-state index contributed by atoms with van der Waals surface area (Å²) in [5.41, 5.74) is 6.90. The van der Waals surface area contributed by atoms with Gasteiger partial charge in [-0.1, -0.05) is 6.07 Å². The number of benzene rings is 1. The number of nitrogens with two attached hydrogens (primary N) is 1. The van der Waals surface area contributed by atoms with Crippen LogP contribution in [0.15, 0.2) is 30.5 Å². The number of anilines is 1. The number of hydrogen-bond donors (Lipinski definition) is 2. The number of nitrogens with one attached hydrogen (secondary N) is 1. The molecule has 3 N–H and O–H groups in total. The van der Waals surface area contributed by atoms with E-state index in [0.717, 1.165) is 10.9 Å². The molecule has 1 saturated heterocycles. The minimum absolute atomic E-state index is 0. The van der Waals surface area contributed by atoms with E-state index in [9.17, 15) is 9.59 Å². The number of fused-ring (bicyclic) bond motifs is 1. The summed E-state index contributed by atoms with van der Waals surface area (Å²) in [6.07, 6.45) is 2.89. The maximum absolute atomic E-state index is 12.6. The molecule has 3 rings (SSSR count). The molecular weight excluding hydrogens is 356 g/mol. The predicted octanol–water partition coefficient (Wildman–Crippen LogP) is 1.60. The fraction of sp³-hybridized carbons (Fsp3) is 0.444. The number of amides is 2. The number of carbonyl (C=O) groups is 2. The Balaban J connectivity index is 0.00000243. The van der Waals surface area contributed by atoms with Crippen LogP contribution in [0.1, 0.15) is 12.8 Å². The number of aromatic nitrogens is 1. The van der Waals surface area contributed by atoms with Crippen LogP contribution in [0.4, 0.5) is 5.69 Å². The van der Waals surface area contributed by atoms with Gasteiger partial charge < -0.3 is 25.3 Å². The van der Waals surface area contributed by atoms with Gasteiger partial charge in [0.05, 0.1) is 5.52 Å². The first kappa shape index (κ1) is 20.2. The van der Waals surface area contributed by atoms with Crippen LogP contribution in [0.5, 0.6) is 0 Å². The quantitative estimate of drug-likeness (QED) is 0.843. The van der Waals surface area contributed by atoms with Gasteiger partial charge in [0.25, 0.3) is 0 Å². The van der Waals surface area contributed by atoms with Gasteiger partial charge in [0.2, 0.25) is 11.8 Å². The molecule has 1 aliphatic heterocycles. The van der Waals surface area contributed by atoms with Crippen molar-refractivity contribution >= 4 is 40.8 Å². The molecule has 2 amide bonds. The summed E-state index contributed by atoms with van der Waals surface area (Å²) < 4.78 is 7.16. The molecule has 0 atom stereocenters. The average Bonchev–Trinajstić information content (AvgIpc) is 2.97. The molecule has 2 heterocycles. The Bertz CT molecular complexity index is 797. The second-order valence-electron chi connectivity index (χ2n) is 6.73. The summed E-state index contributed by atoms with van der Waals surface area (Å²) >= 11 is 0. The van der Waals surface area contributed by atoms with Crippen molar-refractivity contribution in [3.05, 3.63) is 30.5 Å². The monoisotopic (exact) mass is 380 g/mol. The highest BCUT2D eigenvalue weighted by Crippen LogP contribution is 2.24. The summed E-state index contributed by atoms with van der Waals surface area (Å²) in [6.45, 7) is 1.25. The van der Waals surface area contributed by atoms with Crippen LogP contribution in [0.2, 0.25) is 0 Å². The molecule has 0 spiro atoms. The maximum atomic E-state index is 12.6. The zero-order valence-corrected chi connectivity index (χ0v) is 15.8. The Morgan fingerprint density at radius 3 is 2.62 bits per heavy atom. The summed E-state index contributed by atoms with van der Waals surface area (Å²) in [5, 5.41) is 3.92. The van der Waals surface area contributed by atoms with Crippen molar-refractivity contribution in [1.29, 1.82) is 0 Å². The standard InChI is InChI=1S/C18H24N4O3.ClH/c1-21(2)16(23)12-22-8-5-13-3-4-14(11-15(13)22)20-17(24)18(19)6-9-25-10-7-18;/h3-5,8,11H,6-7,9-10,12,19H2,1-2H3,(H,20,24);1H. The van der Waals surface area contributed by atoms with Gasteiger partial charge in [0, 0.05) is 39.2 Å². The van der Waals surface area contributed by atoms with Crippen LogP contribution >= 0.6 is 12.4 Å². The van der Waals surface area contributed by atoms with Crippen molar-refractivity contribution in [2.24, 2.45) is 5.73 Å². The van der Waals surface area contributed by atoms with Gasteiger partial charge in [0.15, 0.2) is 0 Å². The molecule has 1 fully saturated rings. The smallest absolute Gasteiger partial charge is 0.244 e. The second-order valence-corrected chi connectivity index (χ2v) is 6.73. The fourth-order valence-electron chi connectivity index (χ4n) is 2.90. The highest BCUT2D eigenvalue weighted by molar-refractivity contribution is 5.99. The molecule has 2 aromatic rings. The Kier molecular flexibility index (Phi) is 6.28. The molecule has 142 valence electrons. The van der Waals surface area contributed by atoms with Crippen molar-refractivity contribution in [2.75, 3.05) is 32.6 Å². The molecule has 7 nitrogen and oxygen atoms in total. The zero-order valence-electron chi connectivity index (χ0n) is 15.0. The Labute approximate surface area is 158 Å². The van der Waals surface area contributed by atoms with Crippen LogP contribution in [0.25, 0.3) is 10.9 Å². The highest BCUT2D eigenvalue weighted by atomic mass is 35.5. The fourth-order valence-corrected chi connectivity index (χ4v) is 2.90. The SMILES string of the molecule is CN(C)C(=O)Cn1ccc2ccc(NC(=O)C3(N)CCOCC3)cc21.Cl. The van der Waals surface area contributed by atoms with Gasteiger partial charge in [-0.25, -0.2) is 0 Å². The average molecular weight is 381 g/mol. The van der Waals surface area contributed by atoms with Crippen molar-refractivity contribution in [1.82, 2.24) is 9.47 Å². The highest BCUT2D eigenvalue weighted by Gasteiger charge is 2.35. The third kappa shape index (κ3) is 4.17. The van der Waals surface area contributed by atoms with E-state index in [0.29, 0.717) is 31.7 Å². The van der Waals surface area contributed by atoms with E-state index in [1.807, 2.05) is 35.0 Å². The third-order valence-electron chi connectivity index (χ3n) is 4.67. The van der Waals surface area contributed by atoms with Crippen molar-refractivity contribution in [2.45, 2.75) is 24.9 Å². The minimum Gasteiger partial charge on any atom is -0.381 e. The van der Waals surface area contributed by atoms with E-state index in [-0.39, 0.29) is 30.8 Å². The minimum atomic E-state index is -0.893. The number of hydrogen-bond acceptors (Lipinski definition) is 4. The number of rotatable bonds is 4. The summed E-state index contributed by atoms with van der Waals surface area (Å²) in [7, 11) is 3.46. The lowest BCUT2D eigenvalue weighted by Crippen LogP contribution is -2.54. The first-order chi connectivity index (χ1) is 11.9. The Morgan fingerprint density at radius 2 is 1.96 bits per heavy atom. The predicted molar refractivity (Wildman–Crippen MR) is 103 cm³/mol. The zero-order chi connectivity index (χ0) is 18.0. The van der Waals surface area contributed by atoms with Crippen LogP contribution < -0.4 is 11.1 Å². The van der Waals surface area contributed by atoms with Crippen molar-refractivity contribution in [3.8, 4) is 0 Å². The molecule has 0 saturated carbocycles. The summed E-state index contributed by atoms with van der Waals surface area (Å²) in [4.78, 5) is 26.1. The molecule has 8 heteroatoms. The van der Waals surface area contributed by atoms with Crippen LogP contribution in [-0.4, -0.2) is 54.1 Å². The lowest BCUT2D eigenvalue weighted by atomic mass is 9.90. The molecule has 1 aliphatic rings. The first-order valence-corrected chi connectivity index (χ1v) is 8.36. The van der Waals surface area contributed by atoms with E-state index in [1.165, 1.54) is 0 Å². The first-order valence-electron chi connectivity index (χ1n) is 8.36. The van der Waals surface area contributed by atoms with Gasteiger partial charge in [-0.15, -0.1) is 12.4 Å². The van der Waals surface area contributed by atoms with Crippen LogP contribution in [-0.2, 0) is 20.9 Å². The second kappa shape index (κ2) is 8.07. The number of halogens is 1. The van der Waals surface area contributed by atoms with Gasteiger partial charge in [-0.05, 0) is 36.4 Å². The number of carbonyl (C=O) groups excluding carboxylic acids is 2. The van der Waals surface area contributed by atoms with Gasteiger partial charge in [-0.2, -0.15) is 0 Å². The Hall–Kier alpha value is -2.09. The van der Waals surface area contributed by atoms with Gasteiger partial charge >= 0.3 is 0 Å². The van der Waals surface area contributed by atoms with Crippen LogP contribution in [0, 0.1) is 0 Å².